The van der Waals surface area contributed by atoms with Crippen molar-refractivity contribution in [1.29, 1.82) is 0 Å². The van der Waals surface area contributed by atoms with Crippen LogP contribution in [0.25, 0.3) is 11.3 Å². The standard InChI is InChI=1S/C19H20N4O3S/c1-22-14-6-7-16-17(13(14)10-20-22)21-19(27-16)23(11-12-4-2-8-25-12)18(24)15-5-3-9-26-15/h3,5,9-10,12H,2,4,6-8,11H2,1H3/t12-/m0/s1. The van der Waals surface area contributed by atoms with Gasteiger partial charge in [-0.25, -0.2) is 4.98 Å². The van der Waals surface area contributed by atoms with Gasteiger partial charge in [0, 0.05) is 29.8 Å². The molecular formula is C19H20N4O3S. The lowest BCUT2D eigenvalue weighted by molar-refractivity contribution is 0.0895. The van der Waals surface area contributed by atoms with Crippen molar-refractivity contribution < 1.29 is 13.9 Å². The van der Waals surface area contributed by atoms with E-state index in [2.05, 4.69) is 5.10 Å². The molecule has 2 aliphatic rings. The van der Waals surface area contributed by atoms with Gasteiger partial charge in [0.05, 0.1) is 30.8 Å². The maximum atomic E-state index is 13.1. The predicted octanol–water partition coefficient (Wildman–Crippen LogP) is 3.06. The van der Waals surface area contributed by atoms with Crippen LogP contribution in [0.2, 0.25) is 0 Å². The summed E-state index contributed by atoms with van der Waals surface area (Å²) in [6, 6.07) is 3.42. The molecule has 1 aliphatic heterocycles. The first-order valence-electron chi connectivity index (χ1n) is 9.18. The summed E-state index contributed by atoms with van der Waals surface area (Å²) >= 11 is 1.58. The van der Waals surface area contributed by atoms with Crippen molar-refractivity contribution >= 4 is 22.4 Å². The maximum absolute atomic E-state index is 13.1. The number of nitrogens with zero attached hydrogens (tertiary/aromatic N) is 4. The van der Waals surface area contributed by atoms with Crippen molar-refractivity contribution in [2.24, 2.45) is 7.05 Å². The summed E-state index contributed by atoms with van der Waals surface area (Å²) in [5, 5.41) is 5.08. The summed E-state index contributed by atoms with van der Waals surface area (Å²) < 4.78 is 13.0. The van der Waals surface area contributed by atoms with Gasteiger partial charge < -0.3 is 9.15 Å². The summed E-state index contributed by atoms with van der Waals surface area (Å²) in [4.78, 5) is 20.9. The summed E-state index contributed by atoms with van der Waals surface area (Å²) in [6.07, 6.45) is 7.28. The summed E-state index contributed by atoms with van der Waals surface area (Å²) in [5.74, 6) is 0.149. The van der Waals surface area contributed by atoms with Crippen molar-refractivity contribution in [2.75, 3.05) is 18.1 Å². The van der Waals surface area contributed by atoms with Crippen LogP contribution in [0.5, 0.6) is 0 Å². The average Bonchev–Trinajstić information content (AvgIpc) is 3.45. The van der Waals surface area contributed by atoms with Gasteiger partial charge in [0.15, 0.2) is 10.9 Å². The van der Waals surface area contributed by atoms with E-state index in [4.69, 9.17) is 14.1 Å². The van der Waals surface area contributed by atoms with E-state index >= 15 is 0 Å². The highest BCUT2D eigenvalue weighted by atomic mass is 32.1. The number of hydrogen-bond donors (Lipinski definition) is 0. The fraction of sp³-hybridized carbons (Fsp3) is 0.421. The first-order chi connectivity index (χ1) is 13.2. The molecule has 8 heteroatoms. The monoisotopic (exact) mass is 384 g/mol. The molecule has 4 heterocycles. The van der Waals surface area contributed by atoms with Gasteiger partial charge in [-0.3, -0.25) is 14.4 Å². The van der Waals surface area contributed by atoms with Gasteiger partial charge in [0.2, 0.25) is 0 Å². The minimum Gasteiger partial charge on any atom is -0.459 e. The average molecular weight is 384 g/mol. The molecule has 1 aliphatic carbocycles. The number of rotatable bonds is 4. The lowest BCUT2D eigenvalue weighted by atomic mass is 10.0. The molecule has 1 saturated heterocycles. The molecule has 3 aromatic heterocycles. The molecule has 7 nitrogen and oxygen atoms in total. The van der Waals surface area contributed by atoms with E-state index in [1.54, 1.807) is 28.4 Å². The lowest BCUT2D eigenvalue weighted by Gasteiger charge is -2.22. The summed E-state index contributed by atoms with van der Waals surface area (Å²) in [7, 11) is 1.96. The molecule has 1 atom stereocenters. The molecule has 0 N–H and O–H groups in total. The van der Waals surface area contributed by atoms with Crippen LogP contribution in [0, 0.1) is 0 Å². The van der Waals surface area contributed by atoms with Crippen LogP contribution >= 0.6 is 11.3 Å². The van der Waals surface area contributed by atoms with Crippen LogP contribution in [0.3, 0.4) is 0 Å². The number of aryl methyl sites for hydroxylation is 2. The lowest BCUT2D eigenvalue weighted by Crippen LogP contribution is -2.37. The van der Waals surface area contributed by atoms with E-state index in [1.807, 2.05) is 17.9 Å². The number of carbonyl (C=O) groups excluding carboxylic acids is 1. The Morgan fingerprint density at radius 1 is 1.44 bits per heavy atom. The summed E-state index contributed by atoms with van der Waals surface area (Å²) in [6.45, 7) is 1.24. The Hall–Kier alpha value is -2.45. The Morgan fingerprint density at radius 3 is 3.15 bits per heavy atom. The van der Waals surface area contributed by atoms with E-state index in [9.17, 15) is 4.79 Å². The molecule has 0 spiro atoms. The predicted molar refractivity (Wildman–Crippen MR) is 101 cm³/mol. The van der Waals surface area contributed by atoms with Crippen LogP contribution in [0.4, 0.5) is 5.13 Å². The molecule has 5 rings (SSSR count). The highest BCUT2D eigenvalue weighted by Crippen LogP contribution is 2.39. The van der Waals surface area contributed by atoms with Crippen LogP contribution in [-0.2, 0) is 24.6 Å². The van der Waals surface area contributed by atoms with Crippen LogP contribution < -0.4 is 4.90 Å². The smallest absolute Gasteiger partial charge is 0.295 e. The maximum Gasteiger partial charge on any atom is 0.295 e. The molecule has 0 radical (unpaired) electrons. The van der Waals surface area contributed by atoms with Crippen molar-refractivity contribution in [1.82, 2.24) is 14.8 Å². The zero-order valence-electron chi connectivity index (χ0n) is 15.1. The normalized spacial score (nSPS) is 18.3. The summed E-state index contributed by atoms with van der Waals surface area (Å²) in [5.41, 5.74) is 3.22. The minimum absolute atomic E-state index is 0.0405. The van der Waals surface area contributed by atoms with E-state index < -0.39 is 0 Å². The molecular weight excluding hydrogens is 364 g/mol. The number of thiazole rings is 1. The molecule has 0 saturated carbocycles. The Balaban J connectivity index is 1.52. The van der Waals surface area contributed by atoms with Crippen molar-refractivity contribution in [3.05, 3.63) is 40.9 Å². The molecule has 1 amide bonds. The number of fused-ring (bicyclic) bond motifs is 3. The molecule has 0 bridgehead atoms. The molecule has 140 valence electrons. The van der Waals surface area contributed by atoms with Crippen molar-refractivity contribution in [3.8, 4) is 11.3 Å². The number of hydrogen-bond acceptors (Lipinski definition) is 6. The molecule has 27 heavy (non-hydrogen) atoms. The number of carbonyl (C=O) groups is 1. The Morgan fingerprint density at radius 2 is 2.37 bits per heavy atom. The van der Waals surface area contributed by atoms with Crippen molar-refractivity contribution in [2.45, 2.75) is 31.8 Å². The topological polar surface area (TPSA) is 73.4 Å². The first kappa shape index (κ1) is 16.7. The first-order valence-corrected chi connectivity index (χ1v) is 10.0. The van der Waals surface area contributed by atoms with E-state index in [1.165, 1.54) is 16.8 Å². The molecule has 0 unspecified atom stereocenters. The Labute approximate surface area is 160 Å². The fourth-order valence-corrected chi connectivity index (χ4v) is 4.88. The second-order valence-electron chi connectivity index (χ2n) is 6.92. The Bertz CT molecular complexity index is 969. The van der Waals surface area contributed by atoms with Gasteiger partial charge in [-0.15, -0.1) is 11.3 Å². The Kier molecular flexibility index (Phi) is 4.09. The van der Waals surface area contributed by atoms with Gasteiger partial charge in [-0.05, 0) is 37.8 Å². The van der Waals surface area contributed by atoms with Gasteiger partial charge in [0.1, 0.15) is 0 Å². The van der Waals surface area contributed by atoms with E-state index in [-0.39, 0.29) is 12.0 Å². The fourth-order valence-electron chi connectivity index (χ4n) is 3.80. The molecule has 0 aromatic carbocycles. The SMILES string of the molecule is Cn1ncc2c1CCc1sc(N(C[C@@H]3CCCO3)C(=O)c3ccco3)nc1-2. The van der Waals surface area contributed by atoms with Gasteiger partial charge in [0.25, 0.3) is 5.91 Å². The largest absolute Gasteiger partial charge is 0.459 e. The van der Waals surface area contributed by atoms with Gasteiger partial charge >= 0.3 is 0 Å². The zero-order valence-corrected chi connectivity index (χ0v) is 15.9. The van der Waals surface area contributed by atoms with Gasteiger partial charge in [-0.1, -0.05) is 0 Å². The molecule has 3 aromatic rings. The highest BCUT2D eigenvalue weighted by molar-refractivity contribution is 7.16. The third kappa shape index (κ3) is 2.89. The number of furan rings is 1. The number of aromatic nitrogens is 3. The highest BCUT2D eigenvalue weighted by Gasteiger charge is 2.31. The number of amides is 1. The van der Waals surface area contributed by atoms with Gasteiger partial charge in [-0.2, -0.15) is 5.10 Å². The van der Waals surface area contributed by atoms with E-state index in [0.29, 0.717) is 17.4 Å². The van der Waals surface area contributed by atoms with Crippen molar-refractivity contribution in [3.63, 3.8) is 0 Å². The van der Waals surface area contributed by atoms with Crippen LogP contribution in [0.1, 0.15) is 34.0 Å². The zero-order chi connectivity index (χ0) is 18.4. The third-order valence-corrected chi connectivity index (χ3v) is 6.35. The second-order valence-corrected chi connectivity index (χ2v) is 7.99. The minimum atomic E-state index is -0.173. The third-order valence-electron chi connectivity index (χ3n) is 5.21. The van der Waals surface area contributed by atoms with Crippen LogP contribution in [-0.4, -0.2) is 39.9 Å². The van der Waals surface area contributed by atoms with E-state index in [0.717, 1.165) is 43.5 Å². The second kappa shape index (κ2) is 6.61. The number of anilines is 1. The van der Waals surface area contributed by atoms with Crippen LogP contribution in [0.15, 0.2) is 29.0 Å². The molecule has 1 fully saturated rings. The quantitative estimate of drug-likeness (QED) is 0.691. The number of ether oxygens (including phenoxy) is 1.